The number of hydrogen-bond acceptors (Lipinski definition) is 9. The lowest BCUT2D eigenvalue weighted by molar-refractivity contribution is -0.112. The lowest BCUT2D eigenvalue weighted by atomic mass is 10.1. The fourth-order valence-electron chi connectivity index (χ4n) is 2.55. The number of rotatable bonds is 8. The Hall–Kier alpha value is -3.62. The van der Waals surface area contributed by atoms with Gasteiger partial charge in [0.05, 0.1) is 24.5 Å². The van der Waals surface area contributed by atoms with Gasteiger partial charge in [0.25, 0.3) is 0 Å². The number of aromatic nitrogens is 4. The minimum Gasteiger partial charge on any atom is -0.476 e. The number of nitrogens with one attached hydrogen (secondary N) is 1. The SMILES string of the molecule is CCOc1nc(N)nc2ncc(-c3ccccc3NC(C=O)CC=O)nc12. The Bertz CT molecular complexity index is 978. The molecule has 138 valence electrons. The van der Waals surface area contributed by atoms with Gasteiger partial charge in [0.2, 0.25) is 11.8 Å². The van der Waals surface area contributed by atoms with Gasteiger partial charge in [0, 0.05) is 17.7 Å². The smallest absolute Gasteiger partial charge is 0.247 e. The minimum atomic E-state index is -0.626. The summed E-state index contributed by atoms with van der Waals surface area (Å²) in [7, 11) is 0. The van der Waals surface area contributed by atoms with Crippen molar-refractivity contribution in [3.8, 4) is 17.1 Å². The monoisotopic (exact) mass is 366 g/mol. The van der Waals surface area contributed by atoms with E-state index < -0.39 is 6.04 Å². The summed E-state index contributed by atoms with van der Waals surface area (Å²) < 4.78 is 5.50. The van der Waals surface area contributed by atoms with Gasteiger partial charge in [-0.2, -0.15) is 9.97 Å². The van der Waals surface area contributed by atoms with E-state index in [2.05, 4.69) is 25.3 Å². The molecule has 0 bridgehead atoms. The van der Waals surface area contributed by atoms with Crippen molar-refractivity contribution in [3.63, 3.8) is 0 Å². The number of nitrogens with two attached hydrogens (primary N) is 1. The van der Waals surface area contributed by atoms with Crippen LogP contribution >= 0.6 is 0 Å². The Labute approximate surface area is 155 Å². The van der Waals surface area contributed by atoms with E-state index in [1.807, 2.05) is 25.1 Å². The maximum atomic E-state index is 11.2. The third kappa shape index (κ3) is 3.97. The first-order valence-corrected chi connectivity index (χ1v) is 8.34. The summed E-state index contributed by atoms with van der Waals surface area (Å²) in [4.78, 5) is 38.9. The van der Waals surface area contributed by atoms with Crippen LogP contribution in [0.2, 0.25) is 0 Å². The minimum absolute atomic E-state index is 0.0535. The van der Waals surface area contributed by atoms with Gasteiger partial charge < -0.3 is 25.4 Å². The highest BCUT2D eigenvalue weighted by Crippen LogP contribution is 2.29. The normalized spacial score (nSPS) is 11.7. The average molecular weight is 366 g/mol. The molecule has 2 aromatic heterocycles. The van der Waals surface area contributed by atoms with Crippen LogP contribution in [0.25, 0.3) is 22.4 Å². The molecule has 0 fully saturated rings. The van der Waals surface area contributed by atoms with Crippen molar-refractivity contribution in [2.24, 2.45) is 0 Å². The third-order valence-electron chi connectivity index (χ3n) is 3.73. The van der Waals surface area contributed by atoms with E-state index in [1.54, 1.807) is 12.3 Å². The molecule has 1 unspecified atom stereocenters. The summed E-state index contributed by atoms with van der Waals surface area (Å²) in [5, 5.41) is 3.04. The van der Waals surface area contributed by atoms with Crippen molar-refractivity contribution in [2.45, 2.75) is 19.4 Å². The molecule has 0 amide bonds. The lowest BCUT2D eigenvalue weighted by Crippen LogP contribution is -2.21. The molecule has 3 aromatic rings. The number of carbonyl (C=O) groups excluding carboxylic acids is 2. The Balaban J connectivity index is 2.07. The second kappa shape index (κ2) is 8.17. The Morgan fingerprint density at radius 3 is 2.78 bits per heavy atom. The van der Waals surface area contributed by atoms with E-state index in [0.717, 1.165) is 0 Å². The van der Waals surface area contributed by atoms with Crippen LogP contribution in [0.3, 0.4) is 0 Å². The summed E-state index contributed by atoms with van der Waals surface area (Å²) in [5.41, 5.74) is 8.30. The summed E-state index contributed by atoms with van der Waals surface area (Å²) in [6, 6.07) is 6.66. The molecule has 9 heteroatoms. The van der Waals surface area contributed by atoms with Gasteiger partial charge in [-0.3, -0.25) is 0 Å². The summed E-state index contributed by atoms with van der Waals surface area (Å²) >= 11 is 0. The van der Waals surface area contributed by atoms with Gasteiger partial charge in [-0.15, -0.1) is 0 Å². The van der Waals surface area contributed by atoms with Crippen molar-refractivity contribution >= 4 is 35.4 Å². The number of fused-ring (bicyclic) bond motifs is 1. The molecule has 0 aliphatic rings. The molecule has 9 nitrogen and oxygen atoms in total. The number of nitrogen functional groups attached to an aromatic ring is 1. The van der Waals surface area contributed by atoms with E-state index in [-0.39, 0.29) is 18.2 Å². The van der Waals surface area contributed by atoms with E-state index in [0.29, 0.717) is 47.3 Å². The number of anilines is 2. The zero-order valence-electron chi connectivity index (χ0n) is 14.6. The summed E-state index contributed by atoms with van der Waals surface area (Å²) in [6.07, 6.45) is 3.02. The molecule has 3 N–H and O–H groups in total. The quantitative estimate of drug-likeness (QED) is 0.571. The second-order valence-electron chi connectivity index (χ2n) is 5.58. The highest BCUT2D eigenvalue weighted by Gasteiger charge is 2.15. The van der Waals surface area contributed by atoms with Crippen LogP contribution in [0.15, 0.2) is 30.5 Å². The molecule has 0 saturated carbocycles. The van der Waals surface area contributed by atoms with Gasteiger partial charge >= 0.3 is 0 Å². The number of ether oxygens (including phenoxy) is 1. The molecule has 1 aromatic carbocycles. The number of aldehydes is 2. The third-order valence-corrected chi connectivity index (χ3v) is 3.73. The van der Waals surface area contributed by atoms with Gasteiger partial charge in [-0.05, 0) is 13.0 Å². The molecule has 1 atom stereocenters. The predicted octanol–water partition coefficient (Wildman–Crippen LogP) is 1.64. The molecule has 2 heterocycles. The Kier molecular flexibility index (Phi) is 5.50. The van der Waals surface area contributed by atoms with Crippen LogP contribution < -0.4 is 15.8 Å². The molecule has 27 heavy (non-hydrogen) atoms. The first kappa shape index (κ1) is 18.2. The molecular formula is C18H18N6O3. The largest absolute Gasteiger partial charge is 0.476 e. The van der Waals surface area contributed by atoms with Crippen LogP contribution in [0, 0.1) is 0 Å². The predicted molar refractivity (Wildman–Crippen MR) is 100 cm³/mol. The maximum Gasteiger partial charge on any atom is 0.247 e. The molecule has 0 saturated heterocycles. The van der Waals surface area contributed by atoms with Gasteiger partial charge in [0.15, 0.2) is 11.2 Å². The van der Waals surface area contributed by atoms with Gasteiger partial charge in [-0.1, -0.05) is 18.2 Å². The van der Waals surface area contributed by atoms with Crippen molar-refractivity contribution in [3.05, 3.63) is 30.5 Å². The fraction of sp³-hybridized carbons (Fsp3) is 0.222. The fourth-order valence-corrected chi connectivity index (χ4v) is 2.55. The highest BCUT2D eigenvalue weighted by atomic mass is 16.5. The Morgan fingerprint density at radius 2 is 2.04 bits per heavy atom. The van der Waals surface area contributed by atoms with Gasteiger partial charge in [-0.25, -0.2) is 9.97 Å². The van der Waals surface area contributed by atoms with E-state index in [9.17, 15) is 9.59 Å². The van der Waals surface area contributed by atoms with Crippen molar-refractivity contribution in [2.75, 3.05) is 17.7 Å². The first-order valence-electron chi connectivity index (χ1n) is 8.34. The number of benzene rings is 1. The van der Waals surface area contributed by atoms with Crippen LogP contribution in [-0.2, 0) is 9.59 Å². The zero-order chi connectivity index (χ0) is 19.2. The van der Waals surface area contributed by atoms with Crippen molar-refractivity contribution in [1.29, 1.82) is 0 Å². The number of carbonyl (C=O) groups is 2. The van der Waals surface area contributed by atoms with E-state index >= 15 is 0 Å². The summed E-state index contributed by atoms with van der Waals surface area (Å²) in [5.74, 6) is 0.310. The number of nitrogens with zero attached hydrogens (tertiary/aromatic N) is 4. The number of hydrogen-bond donors (Lipinski definition) is 2. The van der Waals surface area contributed by atoms with Gasteiger partial charge in [0.1, 0.15) is 12.6 Å². The van der Waals surface area contributed by atoms with Crippen LogP contribution in [0.1, 0.15) is 13.3 Å². The van der Waals surface area contributed by atoms with Crippen LogP contribution in [0.4, 0.5) is 11.6 Å². The topological polar surface area (TPSA) is 133 Å². The van der Waals surface area contributed by atoms with Crippen molar-refractivity contribution < 1.29 is 14.3 Å². The molecular weight excluding hydrogens is 348 g/mol. The van der Waals surface area contributed by atoms with E-state index in [4.69, 9.17) is 10.5 Å². The zero-order valence-corrected chi connectivity index (χ0v) is 14.6. The molecule has 0 radical (unpaired) electrons. The molecule has 0 aliphatic heterocycles. The van der Waals surface area contributed by atoms with Crippen LogP contribution in [-0.4, -0.2) is 45.2 Å². The van der Waals surface area contributed by atoms with Crippen molar-refractivity contribution in [1.82, 2.24) is 19.9 Å². The maximum absolute atomic E-state index is 11.2. The molecule has 0 aliphatic carbocycles. The first-order chi connectivity index (χ1) is 13.2. The Morgan fingerprint density at radius 1 is 1.22 bits per heavy atom. The summed E-state index contributed by atoms with van der Waals surface area (Å²) in [6.45, 7) is 2.22. The average Bonchev–Trinajstić information content (AvgIpc) is 2.68. The number of para-hydroxylation sites is 1. The lowest BCUT2D eigenvalue weighted by Gasteiger charge is -2.15. The van der Waals surface area contributed by atoms with E-state index in [1.165, 1.54) is 0 Å². The standard InChI is InChI=1S/C18H18N6O3/c1-2-27-17-15-16(23-18(19)24-17)20-9-14(22-15)12-5-3-4-6-13(12)21-11(10-26)7-8-25/h3-6,8-11,21H,2,7H2,1H3,(H2,19,20,23,24). The molecule has 0 spiro atoms. The highest BCUT2D eigenvalue weighted by molar-refractivity contribution is 5.83. The second-order valence-corrected chi connectivity index (χ2v) is 5.58. The van der Waals surface area contributed by atoms with Crippen LogP contribution in [0.5, 0.6) is 5.88 Å². The molecule has 3 rings (SSSR count).